The number of carbonyl (C=O) groups is 1. The Morgan fingerprint density at radius 1 is 1.69 bits per heavy atom. The molecule has 1 fully saturated rings. The summed E-state index contributed by atoms with van der Waals surface area (Å²) in [6, 6.07) is 0. The summed E-state index contributed by atoms with van der Waals surface area (Å²) in [6.45, 7) is 2.32. The quantitative estimate of drug-likeness (QED) is 0.484. The topological polar surface area (TPSA) is 29.5 Å². The second-order valence-corrected chi connectivity index (χ2v) is 3.58. The highest BCUT2D eigenvalue weighted by atomic mass is 16.5. The largest absolute Gasteiger partial charge is 0.466 e. The van der Waals surface area contributed by atoms with E-state index >= 15 is 0 Å². The zero-order valence-corrected chi connectivity index (χ0v) is 8.32. The Kier molecular flexibility index (Phi) is 3.96. The van der Waals surface area contributed by atoms with Gasteiger partial charge in [0.05, 0.1) is 7.11 Å². The van der Waals surface area contributed by atoms with Crippen molar-refractivity contribution in [3.05, 3.63) is 12.2 Å². The monoisotopic (exact) mass is 183 g/mol. The number of allylic oxidation sites excluding steroid dienone is 1. The van der Waals surface area contributed by atoms with E-state index in [-0.39, 0.29) is 5.97 Å². The number of rotatable bonds is 3. The Hall–Kier alpha value is -0.830. The smallest absolute Gasteiger partial charge is 0.330 e. The summed E-state index contributed by atoms with van der Waals surface area (Å²) < 4.78 is 4.50. The normalized spacial score (nSPS) is 24.0. The molecule has 0 aromatic rings. The van der Waals surface area contributed by atoms with Gasteiger partial charge in [0, 0.05) is 12.6 Å². The van der Waals surface area contributed by atoms with Crippen LogP contribution in [-0.4, -0.2) is 38.1 Å². The average molecular weight is 183 g/mol. The van der Waals surface area contributed by atoms with Crippen molar-refractivity contribution in [1.82, 2.24) is 4.90 Å². The van der Waals surface area contributed by atoms with Crippen LogP contribution in [-0.2, 0) is 9.53 Å². The van der Waals surface area contributed by atoms with Crippen molar-refractivity contribution in [2.75, 3.05) is 27.2 Å². The van der Waals surface area contributed by atoms with E-state index in [2.05, 4.69) is 16.7 Å². The van der Waals surface area contributed by atoms with Crippen molar-refractivity contribution in [2.24, 2.45) is 5.92 Å². The summed E-state index contributed by atoms with van der Waals surface area (Å²) in [4.78, 5) is 13.0. The molecule has 1 unspecified atom stereocenters. The highest BCUT2D eigenvalue weighted by molar-refractivity contribution is 5.81. The van der Waals surface area contributed by atoms with Crippen molar-refractivity contribution in [1.29, 1.82) is 0 Å². The van der Waals surface area contributed by atoms with Crippen molar-refractivity contribution in [3.8, 4) is 0 Å². The Morgan fingerprint density at radius 3 is 3.00 bits per heavy atom. The lowest BCUT2D eigenvalue weighted by molar-refractivity contribution is -0.134. The fourth-order valence-corrected chi connectivity index (χ4v) is 1.64. The van der Waals surface area contributed by atoms with Crippen molar-refractivity contribution in [3.63, 3.8) is 0 Å². The maximum atomic E-state index is 10.7. The standard InChI is InChI=1S/C10H17NO2/c1-11-7-6-9(8-11)4-3-5-10(12)13-2/h3,5,9H,4,6-8H2,1-2H3/b5-3-. The molecule has 3 heteroatoms. The highest BCUT2D eigenvalue weighted by Crippen LogP contribution is 2.17. The zero-order chi connectivity index (χ0) is 9.68. The van der Waals surface area contributed by atoms with Gasteiger partial charge < -0.3 is 9.64 Å². The van der Waals surface area contributed by atoms with Crippen LogP contribution in [0.25, 0.3) is 0 Å². The number of nitrogens with zero attached hydrogens (tertiary/aromatic N) is 1. The van der Waals surface area contributed by atoms with Gasteiger partial charge in [-0.3, -0.25) is 0 Å². The molecule has 1 saturated heterocycles. The van der Waals surface area contributed by atoms with E-state index in [9.17, 15) is 4.79 Å². The predicted molar refractivity (Wildman–Crippen MR) is 51.4 cm³/mol. The summed E-state index contributed by atoms with van der Waals surface area (Å²) in [6.07, 6.45) is 5.65. The minimum absolute atomic E-state index is 0.258. The SMILES string of the molecule is COC(=O)/C=C\CC1CCN(C)C1. The number of esters is 1. The number of likely N-dealkylation sites (tertiary alicyclic amines) is 1. The lowest BCUT2D eigenvalue weighted by Crippen LogP contribution is -2.13. The third kappa shape index (κ3) is 3.59. The van der Waals surface area contributed by atoms with E-state index in [1.54, 1.807) is 0 Å². The molecular formula is C10H17NO2. The molecule has 0 aromatic heterocycles. The van der Waals surface area contributed by atoms with Gasteiger partial charge >= 0.3 is 5.97 Å². The molecule has 0 radical (unpaired) electrons. The first-order chi connectivity index (χ1) is 6.22. The van der Waals surface area contributed by atoms with Gasteiger partial charge in [0.1, 0.15) is 0 Å². The first kappa shape index (κ1) is 10.3. The number of hydrogen-bond donors (Lipinski definition) is 0. The molecule has 1 atom stereocenters. The maximum absolute atomic E-state index is 10.7. The summed E-state index contributed by atoms with van der Waals surface area (Å²) in [5.41, 5.74) is 0. The molecule has 0 bridgehead atoms. The van der Waals surface area contributed by atoms with Gasteiger partial charge in [-0.05, 0) is 32.4 Å². The van der Waals surface area contributed by atoms with Crippen LogP contribution in [0.3, 0.4) is 0 Å². The van der Waals surface area contributed by atoms with Crippen LogP contribution in [0.4, 0.5) is 0 Å². The van der Waals surface area contributed by atoms with E-state index in [0.717, 1.165) is 13.0 Å². The molecule has 0 saturated carbocycles. The van der Waals surface area contributed by atoms with Crippen molar-refractivity contribution >= 4 is 5.97 Å². The first-order valence-electron chi connectivity index (χ1n) is 4.65. The van der Waals surface area contributed by atoms with Gasteiger partial charge in [-0.15, -0.1) is 0 Å². The summed E-state index contributed by atoms with van der Waals surface area (Å²) in [7, 11) is 3.53. The molecule has 1 aliphatic heterocycles. The van der Waals surface area contributed by atoms with Gasteiger partial charge in [0.2, 0.25) is 0 Å². The number of methoxy groups -OCH3 is 1. The number of hydrogen-bond acceptors (Lipinski definition) is 3. The van der Waals surface area contributed by atoms with Crippen LogP contribution in [0.5, 0.6) is 0 Å². The van der Waals surface area contributed by atoms with Crippen LogP contribution in [0.15, 0.2) is 12.2 Å². The molecule has 1 heterocycles. The molecule has 0 amide bonds. The van der Waals surface area contributed by atoms with Crippen LogP contribution in [0, 0.1) is 5.92 Å². The second kappa shape index (κ2) is 5.02. The molecule has 1 rings (SSSR count). The third-order valence-corrected chi connectivity index (χ3v) is 2.41. The fraction of sp³-hybridized carbons (Fsp3) is 0.700. The lowest BCUT2D eigenvalue weighted by atomic mass is 10.1. The Bertz CT molecular complexity index is 201. The molecule has 13 heavy (non-hydrogen) atoms. The summed E-state index contributed by atoms with van der Waals surface area (Å²) in [5, 5.41) is 0. The van der Waals surface area contributed by atoms with Gasteiger partial charge in [0.25, 0.3) is 0 Å². The minimum atomic E-state index is -0.258. The van der Waals surface area contributed by atoms with E-state index in [0.29, 0.717) is 5.92 Å². The highest BCUT2D eigenvalue weighted by Gasteiger charge is 2.17. The Labute approximate surface area is 79.4 Å². The average Bonchev–Trinajstić information content (AvgIpc) is 2.51. The number of carbonyl (C=O) groups excluding carboxylic acids is 1. The minimum Gasteiger partial charge on any atom is -0.466 e. The van der Waals surface area contributed by atoms with E-state index < -0.39 is 0 Å². The summed E-state index contributed by atoms with van der Waals surface area (Å²) >= 11 is 0. The van der Waals surface area contributed by atoms with Gasteiger partial charge in [-0.2, -0.15) is 0 Å². The molecular weight excluding hydrogens is 166 g/mol. The number of ether oxygens (including phenoxy) is 1. The third-order valence-electron chi connectivity index (χ3n) is 2.41. The molecule has 0 N–H and O–H groups in total. The van der Waals surface area contributed by atoms with Crippen molar-refractivity contribution < 1.29 is 9.53 Å². The van der Waals surface area contributed by atoms with Crippen LogP contribution >= 0.6 is 0 Å². The zero-order valence-electron chi connectivity index (χ0n) is 8.32. The molecule has 74 valence electrons. The van der Waals surface area contributed by atoms with Gasteiger partial charge in [-0.25, -0.2) is 4.79 Å². The first-order valence-corrected chi connectivity index (χ1v) is 4.65. The predicted octanol–water partition coefficient (Wildman–Crippen LogP) is 1.06. The van der Waals surface area contributed by atoms with Crippen LogP contribution < -0.4 is 0 Å². The summed E-state index contributed by atoms with van der Waals surface area (Å²) in [5.74, 6) is 0.456. The van der Waals surface area contributed by atoms with Crippen molar-refractivity contribution in [2.45, 2.75) is 12.8 Å². The second-order valence-electron chi connectivity index (χ2n) is 3.58. The van der Waals surface area contributed by atoms with Gasteiger partial charge in [0.15, 0.2) is 0 Å². The van der Waals surface area contributed by atoms with Crippen LogP contribution in [0.2, 0.25) is 0 Å². The molecule has 0 aliphatic carbocycles. The molecule has 3 nitrogen and oxygen atoms in total. The molecule has 0 spiro atoms. The van der Waals surface area contributed by atoms with E-state index in [4.69, 9.17) is 0 Å². The Balaban J connectivity index is 2.19. The maximum Gasteiger partial charge on any atom is 0.330 e. The van der Waals surface area contributed by atoms with Crippen LogP contribution in [0.1, 0.15) is 12.8 Å². The molecule has 0 aromatic carbocycles. The van der Waals surface area contributed by atoms with E-state index in [1.807, 2.05) is 6.08 Å². The lowest BCUT2D eigenvalue weighted by Gasteiger charge is -2.06. The van der Waals surface area contributed by atoms with E-state index in [1.165, 1.54) is 26.2 Å². The fourth-order valence-electron chi connectivity index (χ4n) is 1.64. The Morgan fingerprint density at radius 2 is 2.46 bits per heavy atom. The van der Waals surface area contributed by atoms with Gasteiger partial charge in [-0.1, -0.05) is 6.08 Å². The molecule has 1 aliphatic rings.